The maximum atomic E-state index is 12.7. The van der Waals surface area contributed by atoms with Crippen molar-refractivity contribution in [1.29, 1.82) is 0 Å². The van der Waals surface area contributed by atoms with Crippen molar-refractivity contribution in [3.8, 4) is 0 Å². The van der Waals surface area contributed by atoms with Gasteiger partial charge in [-0.15, -0.1) is 0 Å². The second-order valence-electron chi connectivity index (χ2n) is 6.21. The summed E-state index contributed by atoms with van der Waals surface area (Å²) in [6, 6.07) is 8.29. The number of aryl methyl sites for hydroxylation is 1. The van der Waals surface area contributed by atoms with Crippen LogP contribution in [0.5, 0.6) is 0 Å². The number of ether oxygens (including phenoxy) is 1. The van der Waals surface area contributed by atoms with Crippen molar-refractivity contribution in [2.24, 2.45) is 0 Å². The Hall–Kier alpha value is -1.39. The van der Waals surface area contributed by atoms with Crippen molar-refractivity contribution >= 4 is 5.91 Å². The third-order valence-electron chi connectivity index (χ3n) is 4.53. The van der Waals surface area contributed by atoms with Gasteiger partial charge in [-0.3, -0.25) is 10.1 Å². The van der Waals surface area contributed by atoms with E-state index >= 15 is 0 Å². The van der Waals surface area contributed by atoms with Gasteiger partial charge in [0.1, 0.15) is 11.7 Å². The molecule has 1 aromatic rings. The van der Waals surface area contributed by atoms with Crippen LogP contribution in [0.1, 0.15) is 44.0 Å². The van der Waals surface area contributed by atoms with Crippen LogP contribution in [-0.2, 0) is 9.53 Å². The van der Waals surface area contributed by atoms with Gasteiger partial charge in [0.25, 0.3) is 0 Å². The van der Waals surface area contributed by atoms with Crippen LogP contribution in [-0.4, -0.2) is 35.6 Å². The smallest absolute Gasteiger partial charge is 0.244 e. The van der Waals surface area contributed by atoms with E-state index in [0.29, 0.717) is 13.2 Å². The normalized spacial score (nSPS) is 24.6. The molecular weight excluding hydrogens is 264 g/mol. The SMILES string of the molecule is CCOC(C)CN1C(=O)C2(CC2)NC1c1ccccc1C. The standard InChI is InChI=1S/C17H24N2O2/c1-4-21-13(3)11-19-15(14-8-6-5-7-12(14)2)18-17(9-10-17)16(19)20/h5-8,13,15,18H,4,9-11H2,1-3H3. The van der Waals surface area contributed by atoms with E-state index in [9.17, 15) is 4.79 Å². The number of carbonyl (C=O) groups is 1. The molecule has 1 heterocycles. The van der Waals surface area contributed by atoms with E-state index in [1.807, 2.05) is 30.9 Å². The summed E-state index contributed by atoms with van der Waals surface area (Å²) in [6.07, 6.45) is 1.94. The average Bonchev–Trinajstić information content (AvgIpc) is 3.19. The monoisotopic (exact) mass is 288 g/mol. The summed E-state index contributed by atoms with van der Waals surface area (Å²) in [6.45, 7) is 7.44. The molecule has 2 aliphatic rings. The van der Waals surface area contributed by atoms with Crippen LogP contribution in [0, 0.1) is 6.92 Å². The molecule has 4 heteroatoms. The van der Waals surface area contributed by atoms with Gasteiger partial charge in [-0.1, -0.05) is 24.3 Å². The van der Waals surface area contributed by atoms with Gasteiger partial charge < -0.3 is 9.64 Å². The molecule has 1 amide bonds. The Balaban J connectivity index is 1.86. The number of nitrogens with one attached hydrogen (secondary N) is 1. The highest BCUT2D eigenvalue weighted by atomic mass is 16.5. The number of amides is 1. The highest BCUT2D eigenvalue weighted by Crippen LogP contribution is 2.46. The largest absolute Gasteiger partial charge is 0.377 e. The lowest BCUT2D eigenvalue weighted by atomic mass is 10.1. The summed E-state index contributed by atoms with van der Waals surface area (Å²) in [5, 5.41) is 3.57. The first kappa shape index (κ1) is 14.5. The summed E-state index contributed by atoms with van der Waals surface area (Å²) in [5.74, 6) is 0.238. The van der Waals surface area contributed by atoms with Crippen LogP contribution >= 0.6 is 0 Å². The van der Waals surface area contributed by atoms with Crippen LogP contribution in [0.15, 0.2) is 24.3 Å². The van der Waals surface area contributed by atoms with Crippen LogP contribution in [0.2, 0.25) is 0 Å². The summed E-state index contributed by atoms with van der Waals surface area (Å²) in [7, 11) is 0. The Morgan fingerprint density at radius 1 is 1.43 bits per heavy atom. The van der Waals surface area contributed by atoms with Gasteiger partial charge in [-0.05, 0) is 44.7 Å². The number of hydrogen-bond acceptors (Lipinski definition) is 3. The quantitative estimate of drug-likeness (QED) is 0.904. The molecule has 1 spiro atoms. The third-order valence-corrected chi connectivity index (χ3v) is 4.53. The summed E-state index contributed by atoms with van der Waals surface area (Å²) in [5.41, 5.74) is 2.12. The first-order valence-corrected chi connectivity index (χ1v) is 7.83. The molecule has 2 atom stereocenters. The molecule has 2 unspecified atom stereocenters. The molecule has 1 aliphatic heterocycles. The Morgan fingerprint density at radius 2 is 2.14 bits per heavy atom. The summed E-state index contributed by atoms with van der Waals surface area (Å²) in [4.78, 5) is 14.7. The minimum atomic E-state index is -0.293. The zero-order valence-electron chi connectivity index (χ0n) is 13.1. The van der Waals surface area contributed by atoms with Crippen molar-refractivity contribution in [2.75, 3.05) is 13.2 Å². The lowest BCUT2D eigenvalue weighted by Crippen LogP contribution is -2.38. The maximum Gasteiger partial charge on any atom is 0.244 e. The van der Waals surface area contributed by atoms with Crippen molar-refractivity contribution < 1.29 is 9.53 Å². The van der Waals surface area contributed by atoms with Gasteiger partial charge in [0.15, 0.2) is 0 Å². The topological polar surface area (TPSA) is 41.6 Å². The molecule has 21 heavy (non-hydrogen) atoms. The van der Waals surface area contributed by atoms with Gasteiger partial charge in [0, 0.05) is 13.2 Å². The van der Waals surface area contributed by atoms with Crippen molar-refractivity contribution in [3.63, 3.8) is 0 Å². The summed E-state index contributed by atoms with van der Waals surface area (Å²) >= 11 is 0. The van der Waals surface area contributed by atoms with Crippen molar-refractivity contribution in [3.05, 3.63) is 35.4 Å². The maximum absolute atomic E-state index is 12.7. The van der Waals surface area contributed by atoms with Crippen molar-refractivity contribution in [1.82, 2.24) is 10.2 Å². The molecule has 0 radical (unpaired) electrons. The van der Waals surface area contributed by atoms with E-state index in [2.05, 4.69) is 24.4 Å². The van der Waals surface area contributed by atoms with Gasteiger partial charge in [0.05, 0.1) is 6.10 Å². The molecule has 2 fully saturated rings. The molecule has 0 aromatic heterocycles. The first-order chi connectivity index (χ1) is 10.1. The van der Waals surface area contributed by atoms with E-state index in [1.54, 1.807) is 0 Å². The number of carbonyl (C=O) groups excluding carboxylic acids is 1. The molecular formula is C17H24N2O2. The average molecular weight is 288 g/mol. The molecule has 1 saturated heterocycles. The van der Waals surface area contributed by atoms with Crippen LogP contribution in [0.4, 0.5) is 0 Å². The van der Waals surface area contributed by atoms with Crippen LogP contribution in [0.25, 0.3) is 0 Å². The van der Waals surface area contributed by atoms with Crippen molar-refractivity contribution in [2.45, 2.75) is 51.4 Å². The lowest BCUT2D eigenvalue weighted by molar-refractivity contribution is -0.132. The van der Waals surface area contributed by atoms with Gasteiger partial charge in [-0.2, -0.15) is 0 Å². The van der Waals surface area contributed by atoms with Gasteiger partial charge in [-0.25, -0.2) is 0 Å². The zero-order valence-corrected chi connectivity index (χ0v) is 13.1. The third kappa shape index (κ3) is 2.58. The second-order valence-corrected chi connectivity index (χ2v) is 6.21. The van der Waals surface area contributed by atoms with Gasteiger partial charge in [0.2, 0.25) is 5.91 Å². The Kier molecular flexibility index (Phi) is 3.76. The Labute approximate surface area is 126 Å². The predicted octanol–water partition coefficient (Wildman–Crippen LogP) is 2.38. The molecule has 1 saturated carbocycles. The van der Waals surface area contributed by atoms with Gasteiger partial charge >= 0.3 is 0 Å². The Bertz CT molecular complexity index is 539. The predicted molar refractivity (Wildman–Crippen MR) is 81.8 cm³/mol. The fraction of sp³-hybridized carbons (Fsp3) is 0.588. The minimum absolute atomic E-state index is 0.0240. The van der Waals surface area contributed by atoms with E-state index in [4.69, 9.17) is 4.74 Å². The fourth-order valence-corrected chi connectivity index (χ4v) is 3.22. The highest BCUT2D eigenvalue weighted by Gasteiger charge is 2.59. The highest BCUT2D eigenvalue weighted by molar-refractivity contribution is 5.92. The Morgan fingerprint density at radius 3 is 2.76 bits per heavy atom. The number of nitrogens with zero attached hydrogens (tertiary/aromatic N) is 1. The molecule has 114 valence electrons. The van der Waals surface area contributed by atoms with Crippen LogP contribution < -0.4 is 5.32 Å². The summed E-state index contributed by atoms with van der Waals surface area (Å²) < 4.78 is 5.63. The lowest BCUT2D eigenvalue weighted by Gasteiger charge is -2.28. The molecule has 1 aromatic carbocycles. The molecule has 1 aliphatic carbocycles. The molecule has 0 bridgehead atoms. The van der Waals surface area contributed by atoms with Crippen LogP contribution in [0.3, 0.4) is 0 Å². The van der Waals surface area contributed by atoms with E-state index in [-0.39, 0.29) is 23.7 Å². The first-order valence-electron chi connectivity index (χ1n) is 7.83. The second kappa shape index (κ2) is 5.43. The zero-order chi connectivity index (χ0) is 15.0. The van der Waals surface area contributed by atoms with E-state index in [0.717, 1.165) is 12.8 Å². The number of rotatable bonds is 5. The number of hydrogen-bond donors (Lipinski definition) is 1. The van der Waals surface area contributed by atoms with E-state index in [1.165, 1.54) is 11.1 Å². The fourth-order valence-electron chi connectivity index (χ4n) is 3.22. The molecule has 4 nitrogen and oxygen atoms in total. The molecule has 1 N–H and O–H groups in total. The molecule has 3 rings (SSSR count). The van der Waals surface area contributed by atoms with E-state index < -0.39 is 0 Å². The minimum Gasteiger partial charge on any atom is -0.377 e. The number of benzene rings is 1.